The summed E-state index contributed by atoms with van der Waals surface area (Å²) in [5.74, 6) is -4.91. The predicted molar refractivity (Wildman–Crippen MR) is 131 cm³/mol. The van der Waals surface area contributed by atoms with Crippen molar-refractivity contribution in [2.24, 2.45) is 11.7 Å². The van der Waals surface area contributed by atoms with Crippen LogP contribution in [0.3, 0.4) is 0 Å². The number of benzene rings is 1. The molecule has 12 nitrogen and oxygen atoms in total. The van der Waals surface area contributed by atoms with Crippen LogP contribution in [0.5, 0.6) is 0 Å². The Kier molecular flexibility index (Phi) is 10.4. The van der Waals surface area contributed by atoms with Gasteiger partial charge in [-0.1, -0.05) is 38.5 Å². The molecule has 1 aromatic carbocycles. The lowest BCUT2D eigenvalue weighted by Crippen LogP contribution is -2.57. The average Bonchev–Trinajstić information content (AvgIpc) is 3.26. The quantitative estimate of drug-likeness (QED) is 0.188. The summed E-state index contributed by atoms with van der Waals surface area (Å²) in [6.45, 7) is 3.08. The van der Waals surface area contributed by atoms with Gasteiger partial charge in [-0.2, -0.15) is 0 Å². The largest absolute Gasteiger partial charge is 0.481 e. The summed E-state index contributed by atoms with van der Waals surface area (Å²) in [4.78, 5) is 64.0. The summed E-state index contributed by atoms with van der Waals surface area (Å²) < 4.78 is 0. The fraction of sp³-hybridized carbons (Fsp3) is 0.458. The van der Waals surface area contributed by atoms with Crippen molar-refractivity contribution in [1.82, 2.24) is 20.9 Å². The van der Waals surface area contributed by atoms with Crippen molar-refractivity contribution in [2.75, 3.05) is 6.54 Å². The minimum atomic E-state index is -1.25. The first-order valence-electron chi connectivity index (χ1n) is 11.7. The molecule has 0 fully saturated rings. The molecule has 2 rings (SSSR count). The van der Waals surface area contributed by atoms with Gasteiger partial charge in [-0.25, -0.2) is 4.79 Å². The van der Waals surface area contributed by atoms with Crippen LogP contribution in [-0.2, 0) is 30.4 Å². The molecule has 0 radical (unpaired) electrons. The first kappa shape index (κ1) is 28.3. The standard InChI is InChI=1S/C24H33N5O7/c1-3-13(2)21(24(35)36)29-23(34)18(10-14-12-26-16-7-5-4-6-15(14)16)28-22(33)17(8-9-20(31)32)27-19(30)11-25/h4-7,12-13,17-18,21,26H,3,8-11,25H2,1-2H3,(H,27,30)(H,28,33)(H,29,34)(H,31,32)(H,35,36)/t13-,17-,18-,21-/m0/s1. The second-order valence-electron chi connectivity index (χ2n) is 8.59. The van der Waals surface area contributed by atoms with Crippen LogP contribution < -0.4 is 21.7 Å². The summed E-state index contributed by atoms with van der Waals surface area (Å²) in [7, 11) is 0. The van der Waals surface area contributed by atoms with Gasteiger partial charge in [-0.15, -0.1) is 0 Å². The zero-order chi connectivity index (χ0) is 26.8. The van der Waals surface area contributed by atoms with Gasteiger partial charge in [-0.3, -0.25) is 19.2 Å². The summed E-state index contributed by atoms with van der Waals surface area (Å²) in [6, 6.07) is 3.72. The van der Waals surface area contributed by atoms with Crippen molar-refractivity contribution in [3.63, 3.8) is 0 Å². The minimum absolute atomic E-state index is 0.0188. The van der Waals surface area contributed by atoms with Crippen LogP contribution >= 0.6 is 0 Å². The molecular formula is C24H33N5O7. The molecule has 12 heteroatoms. The zero-order valence-electron chi connectivity index (χ0n) is 20.2. The number of amides is 3. The molecule has 2 aromatic rings. The second kappa shape index (κ2) is 13.2. The van der Waals surface area contributed by atoms with E-state index in [4.69, 9.17) is 10.8 Å². The van der Waals surface area contributed by atoms with E-state index >= 15 is 0 Å². The Morgan fingerprint density at radius 1 is 1.00 bits per heavy atom. The fourth-order valence-electron chi connectivity index (χ4n) is 3.73. The first-order valence-corrected chi connectivity index (χ1v) is 11.7. The Morgan fingerprint density at radius 3 is 2.28 bits per heavy atom. The van der Waals surface area contributed by atoms with Crippen LogP contribution in [0.1, 0.15) is 38.7 Å². The van der Waals surface area contributed by atoms with Crippen LogP contribution in [0.15, 0.2) is 30.5 Å². The average molecular weight is 504 g/mol. The van der Waals surface area contributed by atoms with E-state index in [1.807, 2.05) is 24.3 Å². The zero-order valence-corrected chi connectivity index (χ0v) is 20.2. The van der Waals surface area contributed by atoms with Gasteiger partial charge < -0.3 is 36.9 Å². The Morgan fingerprint density at radius 2 is 1.67 bits per heavy atom. The van der Waals surface area contributed by atoms with Crippen molar-refractivity contribution < 1.29 is 34.2 Å². The highest BCUT2D eigenvalue weighted by Crippen LogP contribution is 2.19. The number of fused-ring (bicyclic) bond motifs is 1. The van der Waals surface area contributed by atoms with Gasteiger partial charge in [0, 0.05) is 29.9 Å². The van der Waals surface area contributed by atoms with E-state index in [9.17, 15) is 29.1 Å². The molecule has 0 saturated carbocycles. The topological polar surface area (TPSA) is 204 Å². The maximum atomic E-state index is 13.2. The second-order valence-corrected chi connectivity index (χ2v) is 8.59. The van der Waals surface area contributed by atoms with Crippen molar-refractivity contribution in [3.05, 3.63) is 36.0 Å². The van der Waals surface area contributed by atoms with Crippen LogP contribution in [0.2, 0.25) is 0 Å². The normalized spacial score (nSPS) is 14.3. The molecule has 0 saturated heterocycles. The highest BCUT2D eigenvalue weighted by atomic mass is 16.4. The van der Waals surface area contributed by atoms with E-state index in [0.29, 0.717) is 12.0 Å². The number of hydrogen-bond acceptors (Lipinski definition) is 6. The number of carbonyl (C=O) groups is 5. The Bertz CT molecular complexity index is 1100. The van der Waals surface area contributed by atoms with Crippen LogP contribution in [0, 0.1) is 5.92 Å². The fourth-order valence-corrected chi connectivity index (χ4v) is 3.73. The summed E-state index contributed by atoms with van der Waals surface area (Å²) in [5, 5.41) is 26.9. The van der Waals surface area contributed by atoms with E-state index in [2.05, 4.69) is 20.9 Å². The molecule has 0 aliphatic carbocycles. The lowest BCUT2D eigenvalue weighted by Gasteiger charge is -2.26. The highest BCUT2D eigenvalue weighted by molar-refractivity contribution is 5.94. The number of carboxylic acids is 2. The van der Waals surface area contributed by atoms with Crippen molar-refractivity contribution in [2.45, 2.75) is 57.7 Å². The third-order valence-electron chi connectivity index (χ3n) is 5.99. The number of aromatic nitrogens is 1. The molecule has 0 unspecified atom stereocenters. The third kappa shape index (κ3) is 7.80. The lowest BCUT2D eigenvalue weighted by molar-refractivity contribution is -0.143. The van der Waals surface area contributed by atoms with Crippen LogP contribution in [0.4, 0.5) is 0 Å². The smallest absolute Gasteiger partial charge is 0.326 e. The van der Waals surface area contributed by atoms with Crippen LogP contribution in [-0.4, -0.2) is 69.5 Å². The molecule has 196 valence electrons. The van der Waals surface area contributed by atoms with Crippen molar-refractivity contribution in [1.29, 1.82) is 0 Å². The van der Waals surface area contributed by atoms with Gasteiger partial charge in [0.2, 0.25) is 17.7 Å². The molecular weight excluding hydrogens is 470 g/mol. The monoisotopic (exact) mass is 503 g/mol. The van der Waals surface area contributed by atoms with Gasteiger partial charge in [0.15, 0.2) is 0 Å². The Labute approximate surface area is 208 Å². The number of aromatic amines is 1. The highest BCUT2D eigenvalue weighted by Gasteiger charge is 2.32. The van der Waals surface area contributed by atoms with E-state index in [1.165, 1.54) is 0 Å². The number of hydrogen-bond donors (Lipinski definition) is 7. The van der Waals surface area contributed by atoms with Crippen LogP contribution in [0.25, 0.3) is 10.9 Å². The minimum Gasteiger partial charge on any atom is -0.481 e. The number of aliphatic carboxylic acids is 2. The van der Waals surface area contributed by atoms with E-state index in [0.717, 1.165) is 10.9 Å². The molecule has 0 aliphatic heterocycles. The van der Waals surface area contributed by atoms with Gasteiger partial charge in [0.25, 0.3) is 0 Å². The Balaban J connectivity index is 2.33. The Hall–Kier alpha value is -3.93. The SMILES string of the molecule is CC[C@H](C)[C@H](NC(=O)[C@H](Cc1c[nH]c2ccccc12)NC(=O)[C@H](CCC(=O)O)NC(=O)CN)C(=O)O. The summed E-state index contributed by atoms with van der Waals surface area (Å²) >= 11 is 0. The van der Waals surface area contributed by atoms with Crippen molar-refractivity contribution >= 4 is 40.6 Å². The number of rotatable bonds is 14. The van der Waals surface area contributed by atoms with Gasteiger partial charge in [-0.05, 0) is 24.0 Å². The number of H-pyrrole nitrogens is 1. The van der Waals surface area contributed by atoms with Gasteiger partial charge >= 0.3 is 11.9 Å². The number of nitrogens with one attached hydrogen (secondary N) is 4. The first-order chi connectivity index (χ1) is 17.1. The molecule has 1 heterocycles. The molecule has 0 aliphatic rings. The molecule has 1 aromatic heterocycles. The summed E-state index contributed by atoms with van der Waals surface area (Å²) in [5.41, 5.74) is 6.83. The number of para-hydroxylation sites is 1. The molecule has 3 amide bonds. The lowest BCUT2D eigenvalue weighted by atomic mass is 9.98. The predicted octanol–water partition coefficient (Wildman–Crippen LogP) is 0.119. The van der Waals surface area contributed by atoms with E-state index < -0.39 is 60.8 Å². The number of carboxylic acid groups (broad SMARTS) is 2. The van der Waals surface area contributed by atoms with E-state index in [-0.39, 0.29) is 18.8 Å². The third-order valence-corrected chi connectivity index (χ3v) is 5.99. The molecule has 0 spiro atoms. The number of nitrogens with two attached hydrogens (primary N) is 1. The van der Waals surface area contributed by atoms with Crippen molar-refractivity contribution in [3.8, 4) is 0 Å². The molecule has 4 atom stereocenters. The molecule has 8 N–H and O–H groups in total. The molecule has 0 bridgehead atoms. The summed E-state index contributed by atoms with van der Waals surface area (Å²) in [6.07, 6.45) is 1.58. The maximum absolute atomic E-state index is 13.2. The van der Waals surface area contributed by atoms with E-state index in [1.54, 1.807) is 20.0 Å². The van der Waals surface area contributed by atoms with Gasteiger partial charge in [0.05, 0.1) is 6.54 Å². The number of carbonyl (C=O) groups excluding carboxylic acids is 3. The maximum Gasteiger partial charge on any atom is 0.326 e. The van der Waals surface area contributed by atoms with Gasteiger partial charge in [0.1, 0.15) is 18.1 Å². The molecule has 36 heavy (non-hydrogen) atoms.